The van der Waals surface area contributed by atoms with Gasteiger partial charge in [0.05, 0.1) is 22.1 Å². The summed E-state index contributed by atoms with van der Waals surface area (Å²) in [6, 6.07) is 57.5. The number of aromatic nitrogens is 2. The van der Waals surface area contributed by atoms with E-state index in [4.69, 9.17) is 4.42 Å². The highest BCUT2D eigenvalue weighted by Crippen LogP contribution is 2.58. The number of para-hydroxylation sites is 3. The number of rotatable bonds is 2. The first kappa shape index (κ1) is 28.2. The van der Waals surface area contributed by atoms with E-state index in [-0.39, 0.29) is 5.41 Å². The SMILES string of the molecule is CC1(C)c2ccccc2-c2c1c1c3ccccc3oc1c1c2c2ccccc2n1-c1ccc2c(c1)c1c3ccccc3ccc1n2-c1ccccc1. The molecule has 1 aliphatic rings. The van der Waals surface area contributed by atoms with Crippen molar-refractivity contribution in [1.29, 1.82) is 0 Å². The van der Waals surface area contributed by atoms with Crippen molar-refractivity contribution in [3.8, 4) is 22.5 Å². The zero-order chi connectivity index (χ0) is 34.3. The van der Waals surface area contributed by atoms with Crippen LogP contribution in [0.3, 0.4) is 0 Å². The molecule has 52 heavy (non-hydrogen) atoms. The standard InChI is InChI=1S/C49H32N2O/c1-49(2)37-21-11-8-18-33(37)43-44-34-19-9-12-22-38(34)51(47(44)48-45(46(43)49)35-20-10-13-23-41(35)52-48)31-25-27-39-36(28-31)42-32-17-7-6-14-29(32)24-26-40(42)50(39)30-15-4-3-5-16-30/h3-28H,1-2H3. The molecule has 0 N–H and O–H groups in total. The molecule has 0 spiro atoms. The second-order valence-corrected chi connectivity index (χ2v) is 14.9. The minimum Gasteiger partial charge on any atom is -0.454 e. The van der Waals surface area contributed by atoms with Crippen LogP contribution < -0.4 is 0 Å². The minimum atomic E-state index is -0.201. The van der Waals surface area contributed by atoms with Crippen molar-refractivity contribution in [3.05, 3.63) is 169 Å². The maximum Gasteiger partial charge on any atom is 0.160 e. The summed E-state index contributed by atoms with van der Waals surface area (Å²) in [6.45, 7) is 4.76. The highest BCUT2D eigenvalue weighted by Gasteiger charge is 2.41. The monoisotopic (exact) mass is 664 g/mol. The van der Waals surface area contributed by atoms with Crippen LogP contribution in [0.15, 0.2) is 162 Å². The molecule has 0 radical (unpaired) electrons. The van der Waals surface area contributed by atoms with Crippen LogP contribution in [0, 0.1) is 0 Å². The molecule has 0 saturated heterocycles. The second kappa shape index (κ2) is 9.80. The predicted octanol–water partition coefficient (Wildman–Crippen LogP) is 13.2. The van der Waals surface area contributed by atoms with Crippen LogP contribution in [0.25, 0.3) is 98.8 Å². The Kier molecular flexibility index (Phi) is 5.31. The van der Waals surface area contributed by atoms with Gasteiger partial charge in [0.25, 0.3) is 0 Å². The van der Waals surface area contributed by atoms with Crippen LogP contribution in [0.5, 0.6) is 0 Å². The Morgan fingerprint density at radius 1 is 0.481 bits per heavy atom. The van der Waals surface area contributed by atoms with E-state index in [1.54, 1.807) is 0 Å². The highest BCUT2D eigenvalue weighted by molar-refractivity contribution is 6.29. The van der Waals surface area contributed by atoms with Crippen LogP contribution in [0.2, 0.25) is 0 Å². The molecule has 3 heteroatoms. The quantitative estimate of drug-likeness (QED) is 0.180. The van der Waals surface area contributed by atoms with Gasteiger partial charge in [-0.25, -0.2) is 0 Å². The lowest BCUT2D eigenvalue weighted by atomic mass is 9.80. The predicted molar refractivity (Wildman–Crippen MR) is 217 cm³/mol. The fourth-order valence-electron chi connectivity index (χ4n) is 9.73. The van der Waals surface area contributed by atoms with E-state index in [0.29, 0.717) is 0 Å². The van der Waals surface area contributed by atoms with Gasteiger partial charge in [-0.1, -0.05) is 123 Å². The van der Waals surface area contributed by atoms with Gasteiger partial charge in [-0.15, -0.1) is 0 Å². The summed E-state index contributed by atoms with van der Waals surface area (Å²) in [6.07, 6.45) is 0. The molecule has 12 rings (SSSR count). The first-order valence-electron chi connectivity index (χ1n) is 18.1. The Morgan fingerprint density at radius 3 is 2.06 bits per heavy atom. The van der Waals surface area contributed by atoms with Gasteiger partial charge in [0.1, 0.15) is 5.58 Å². The van der Waals surface area contributed by atoms with Gasteiger partial charge >= 0.3 is 0 Å². The van der Waals surface area contributed by atoms with Crippen LogP contribution in [-0.2, 0) is 5.41 Å². The number of furan rings is 1. The lowest BCUT2D eigenvalue weighted by Gasteiger charge is -2.22. The third kappa shape index (κ3) is 3.41. The van der Waals surface area contributed by atoms with Crippen molar-refractivity contribution in [2.24, 2.45) is 0 Å². The fourth-order valence-corrected chi connectivity index (χ4v) is 9.73. The highest BCUT2D eigenvalue weighted by atomic mass is 16.3. The summed E-state index contributed by atoms with van der Waals surface area (Å²) < 4.78 is 11.9. The van der Waals surface area contributed by atoms with Crippen molar-refractivity contribution in [2.75, 3.05) is 0 Å². The summed E-state index contributed by atoms with van der Waals surface area (Å²) in [5.41, 5.74) is 14.0. The Bertz CT molecular complexity index is 3320. The van der Waals surface area contributed by atoms with Crippen LogP contribution >= 0.6 is 0 Å². The average Bonchev–Trinajstić information content (AvgIpc) is 3.90. The normalized spacial score (nSPS) is 13.7. The number of fused-ring (bicyclic) bond motifs is 17. The summed E-state index contributed by atoms with van der Waals surface area (Å²) in [5, 5.41) is 9.88. The molecule has 0 amide bonds. The molecule has 0 unspecified atom stereocenters. The van der Waals surface area contributed by atoms with Gasteiger partial charge in [0, 0.05) is 49.1 Å². The van der Waals surface area contributed by atoms with Crippen molar-refractivity contribution in [3.63, 3.8) is 0 Å². The largest absolute Gasteiger partial charge is 0.454 e. The third-order valence-electron chi connectivity index (χ3n) is 11.8. The molecule has 8 aromatic carbocycles. The van der Waals surface area contributed by atoms with Gasteiger partial charge in [-0.05, 0) is 81.6 Å². The lowest BCUT2D eigenvalue weighted by Crippen LogP contribution is -2.15. The van der Waals surface area contributed by atoms with Gasteiger partial charge in [0.15, 0.2) is 5.58 Å². The van der Waals surface area contributed by atoms with E-state index in [0.717, 1.165) is 28.1 Å². The van der Waals surface area contributed by atoms with Gasteiger partial charge in [-0.2, -0.15) is 0 Å². The molecule has 0 aliphatic heterocycles. The second-order valence-electron chi connectivity index (χ2n) is 14.9. The zero-order valence-electron chi connectivity index (χ0n) is 28.8. The molecule has 1 aliphatic carbocycles. The topological polar surface area (TPSA) is 23.0 Å². The molecule has 3 aromatic heterocycles. The molecule has 3 nitrogen and oxygen atoms in total. The fraction of sp³-hybridized carbons (Fsp3) is 0.0612. The van der Waals surface area contributed by atoms with E-state index in [1.807, 2.05) is 0 Å². The van der Waals surface area contributed by atoms with E-state index < -0.39 is 0 Å². The Hall–Kier alpha value is -6.58. The van der Waals surface area contributed by atoms with Crippen LogP contribution in [0.1, 0.15) is 25.0 Å². The molecular weight excluding hydrogens is 633 g/mol. The number of nitrogens with zero attached hydrogens (tertiary/aromatic N) is 2. The van der Waals surface area contributed by atoms with Gasteiger partial charge < -0.3 is 13.6 Å². The van der Waals surface area contributed by atoms with Crippen molar-refractivity contribution in [2.45, 2.75) is 19.3 Å². The number of benzene rings is 8. The average molecular weight is 665 g/mol. The van der Waals surface area contributed by atoms with Crippen molar-refractivity contribution < 1.29 is 4.42 Å². The van der Waals surface area contributed by atoms with E-state index >= 15 is 0 Å². The first-order chi connectivity index (χ1) is 25.6. The summed E-state index contributed by atoms with van der Waals surface area (Å²) in [7, 11) is 0. The molecule has 11 aromatic rings. The minimum absolute atomic E-state index is 0.201. The van der Waals surface area contributed by atoms with E-state index in [1.165, 1.54) is 81.9 Å². The number of hydrogen-bond acceptors (Lipinski definition) is 1. The molecule has 0 atom stereocenters. The maximum atomic E-state index is 7.03. The first-order valence-corrected chi connectivity index (χ1v) is 18.1. The summed E-state index contributed by atoms with van der Waals surface area (Å²) >= 11 is 0. The smallest absolute Gasteiger partial charge is 0.160 e. The Morgan fingerprint density at radius 2 is 1.17 bits per heavy atom. The van der Waals surface area contributed by atoms with E-state index in [2.05, 4.69) is 181 Å². The molecule has 3 heterocycles. The summed E-state index contributed by atoms with van der Waals surface area (Å²) in [5.74, 6) is 0. The van der Waals surface area contributed by atoms with Crippen molar-refractivity contribution >= 4 is 76.3 Å². The third-order valence-corrected chi connectivity index (χ3v) is 11.8. The molecule has 0 saturated carbocycles. The van der Waals surface area contributed by atoms with Crippen molar-refractivity contribution in [1.82, 2.24) is 9.13 Å². The molecule has 0 fully saturated rings. The van der Waals surface area contributed by atoms with Crippen LogP contribution in [0.4, 0.5) is 0 Å². The molecular formula is C49H32N2O. The maximum absolute atomic E-state index is 7.03. The summed E-state index contributed by atoms with van der Waals surface area (Å²) in [4.78, 5) is 0. The zero-order valence-corrected chi connectivity index (χ0v) is 28.8. The van der Waals surface area contributed by atoms with Gasteiger partial charge in [-0.3, -0.25) is 0 Å². The molecule has 244 valence electrons. The van der Waals surface area contributed by atoms with Crippen LogP contribution in [-0.4, -0.2) is 9.13 Å². The Balaban J connectivity index is 1.29. The lowest BCUT2D eigenvalue weighted by molar-refractivity contribution is 0.658. The molecule has 0 bridgehead atoms. The number of hydrogen-bond donors (Lipinski definition) is 0. The van der Waals surface area contributed by atoms with Gasteiger partial charge in [0.2, 0.25) is 0 Å². The van der Waals surface area contributed by atoms with E-state index in [9.17, 15) is 0 Å². The Labute approximate surface area is 299 Å².